The molecule has 98 valence electrons. The van der Waals surface area contributed by atoms with Crippen LogP contribution in [0.3, 0.4) is 0 Å². The van der Waals surface area contributed by atoms with Gasteiger partial charge in [-0.15, -0.1) is 0 Å². The Bertz CT molecular complexity index is 607. The van der Waals surface area contributed by atoms with Gasteiger partial charge >= 0.3 is 0 Å². The van der Waals surface area contributed by atoms with Crippen molar-refractivity contribution in [3.8, 4) is 0 Å². The third-order valence-electron chi connectivity index (χ3n) is 2.56. The van der Waals surface area contributed by atoms with Gasteiger partial charge in [-0.3, -0.25) is 5.43 Å². The van der Waals surface area contributed by atoms with Crippen LogP contribution in [0, 0.1) is 12.7 Å². The lowest BCUT2D eigenvalue weighted by molar-refractivity contribution is 0.626. The van der Waals surface area contributed by atoms with Gasteiger partial charge in [0.1, 0.15) is 5.82 Å². The minimum Gasteiger partial charge on any atom is -0.278 e. The van der Waals surface area contributed by atoms with Gasteiger partial charge in [-0.1, -0.05) is 35.3 Å². The average Bonchev–Trinajstić information content (AvgIpc) is 2.37. The zero-order chi connectivity index (χ0) is 13.8. The first-order chi connectivity index (χ1) is 9.08. The van der Waals surface area contributed by atoms with Crippen LogP contribution in [0.1, 0.15) is 11.1 Å². The molecule has 0 fully saturated rings. The molecule has 0 radical (unpaired) electrons. The predicted octanol–water partition coefficient (Wildman–Crippen LogP) is 4.89. The van der Waals surface area contributed by atoms with Crippen molar-refractivity contribution in [3.05, 3.63) is 63.4 Å². The van der Waals surface area contributed by atoms with E-state index in [4.69, 9.17) is 23.2 Å². The molecule has 2 nitrogen and oxygen atoms in total. The summed E-state index contributed by atoms with van der Waals surface area (Å²) < 4.78 is 13.5. The fraction of sp³-hybridized carbons (Fsp3) is 0.0714. The van der Waals surface area contributed by atoms with E-state index in [1.165, 1.54) is 12.3 Å². The van der Waals surface area contributed by atoms with Gasteiger partial charge in [0.2, 0.25) is 0 Å². The topological polar surface area (TPSA) is 24.4 Å². The Labute approximate surface area is 120 Å². The van der Waals surface area contributed by atoms with Crippen LogP contribution in [0.4, 0.5) is 10.1 Å². The summed E-state index contributed by atoms with van der Waals surface area (Å²) in [6.45, 7) is 1.91. The summed E-state index contributed by atoms with van der Waals surface area (Å²) in [6.07, 6.45) is 1.34. The van der Waals surface area contributed by atoms with Gasteiger partial charge in [-0.25, -0.2) is 4.39 Å². The van der Waals surface area contributed by atoms with E-state index in [1.54, 1.807) is 18.2 Å². The molecule has 0 saturated heterocycles. The van der Waals surface area contributed by atoms with Crippen LogP contribution < -0.4 is 5.43 Å². The first kappa shape index (κ1) is 13.8. The molecule has 19 heavy (non-hydrogen) atoms. The number of halogens is 3. The maximum Gasteiger partial charge on any atom is 0.133 e. The Morgan fingerprint density at radius 2 is 1.95 bits per heavy atom. The normalized spacial score (nSPS) is 10.9. The van der Waals surface area contributed by atoms with Crippen LogP contribution in [-0.2, 0) is 0 Å². The first-order valence-corrected chi connectivity index (χ1v) is 6.33. The van der Waals surface area contributed by atoms with Gasteiger partial charge in [0.15, 0.2) is 0 Å². The molecule has 2 aromatic rings. The predicted molar refractivity (Wildman–Crippen MR) is 78.8 cm³/mol. The minimum atomic E-state index is -0.417. The van der Waals surface area contributed by atoms with Crippen molar-refractivity contribution in [2.75, 3.05) is 5.43 Å². The number of nitrogens with zero attached hydrogens (tertiary/aromatic N) is 1. The smallest absolute Gasteiger partial charge is 0.133 e. The molecule has 0 heterocycles. The molecule has 0 spiro atoms. The van der Waals surface area contributed by atoms with Crippen LogP contribution in [0.25, 0.3) is 0 Å². The number of hydrogen-bond donors (Lipinski definition) is 1. The lowest BCUT2D eigenvalue weighted by atomic mass is 10.2. The Hall–Kier alpha value is -1.58. The number of rotatable bonds is 3. The maximum absolute atomic E-state index is 13.5. The molecule has 0 unspecified atom stereocenters. The van der Waals surface area contributed by atoms with Gasteiger partial charge < -0.3 is 0 Å². The summed E-state index contributed by atoms with van der Waals surface area (Å²) in [5.74, 6) is -0.417. The SMILES string of the molecule is Cc1ccc(N/N=C/c2c(F)cccc2Cl)cc1Cl. The van der Waals surface area contributed by atoms with Crippen molar-refractivity contribution in [2.45, 2.75) is 6.92 Å². The molecule has 0 aliphatic rings. The van der Waals surface area contributed by atoms with Gasteiger partial charge in [-0.05, 0) is 36.8 Å². The van der Waals surface area contributed by atoms with Crippen molar-refractivity contribution in [2.24, 2.45) is 5.10 Å². The Morgan fingerprint density at radius 3 is 2.63 bits per heavy atom. The lowest BCUT2D eigenvalue weighted by Gasteiger charge is -2.03. The van der Waals surface area contributed by atoms with E-state index in [1.807, 2.05) is 19.1 Å². The Kier molecular flexibility index (Phi) is 4.40. The van der Waals surface area contributed by atoms with Crippen molar-refractivity contribution < 1.29 is 4.39 Å². The number of hydrazone groups is 1. The highest BCUT2D eigenvalue weighted by molar-refractivity contribution is 6.33. The van der Waals surface area contributed by atoms with Gasteiger partial charge in [-0.2, -0.15) is 5.10 Å². The van der Waals surface area contributed by atoms with Crippen molar-refractivity contribution in [1.29, 1.82) is 0 Å². The van der Waals surface area contributed by atoms with E-state index in [2.05, 4.69) is 10.5 Å². The molecule has 5 heteroatoms. The number of anilines is 1. The van der Waals surface area contributed by atoms with E-state index in [0.717, 1.165) is 11.3 Å². The second-order valence-corrected chi connectivity index (χ2v) is 4.78. The summed E-state index contributed by atoms with van der Waals surface area (Å²) in [6, 6.07) is 9.93. The summed E-state index contributed by atoms with van der Waals surface area (Å²) in [4.78, 5) is 0. The zero-order valence-electron chi connectivity index (χ0n) is 10.1. The Morgan fingerprint density at radius 1 is 1.16 bits per heavy atom. The van der Waals surface area contributed by atoms with Crippen LogP contribution in [0.2, 0.25) is 10.0 Å². The molecular formula is C14H11Cl2FN2. The van der Waals surface area contributed by atoms with Gasteiger partial charge in [0.25, 0.3) is 0 Å². The monoisotopic (exact) mass is 296 g/mol. The van der Waals surface area contributed by atoms with Crippen LogP contribution in [0.15, 0.2) is 41.5 Å². The van der Waals surface area contributed by atoms with E-state index < -0.39 is 5.82 Å². The molecule has 0 amide bonds. The average molecular weight is 297 g/mol. The summed E-state index contributed by atoms with van der Waals surface area (Å²) in [5, 5.41) is 4.90. The first-order valence-electron chi connectivity index (χ1n) is 5.57. The molecule has 0 aromatic heterocycles. The third-order valence-corrected chi connectivity index (χ3v) is 3.30. The van der Waals surface area contributed by atoms with E-state index in [9.17, 15) is 4.39 Å². The summed E-state index contributed by atoms with van der Waals surface area (Å²) >= 11 is 11.9. The second-order valence-electron chi connectivity index (χ2n) is 3.97. The number of aryl methyl sites for hydroxylation is 1. The van der Waals surface area contributed by atoms with Gasteiger partial charge in [0, 0.05) is 10.6 Å². The number of hydrogen-bond acceptors (Lipinski definition) is 2. The molecular weight excluding hydrogens is 286 g/mol. The molecule has 0 atom stereocenters. The third kappa shape index (κ3) is 3.46. The highest BCUT2D eigenvalue weighted by Gasteiger charge is 2.03. The maximum atomic E-state index is 13.5. The van der Waals surface area contributed by atoms with E-state index in [0.29, 0.717) is 10.0 Å². The fourth-order valence-electron chi connectivity index (χ4n) is 1.47. The van der Waals surface area contributed by atoms with E-state index in [-0.39, 0.29) is 5.56 Å². The van der Waals surface area contributed by atoms with Crippen LogP contribution >= 0.6 is 23.2 Å². The van der Waals surface area contributed by atoms with E-state index >= 15 is 0 Å². The van der Waals surface area contributed by atoms with Crippen molar-refractivity contribution in [3.63, 3.8) is 0 Å². The largest absolute Gasteiger partial charge is 0.278 e. The molecule has 1 N–H and O–H groups in total. The number of nitrogens with one attached hydrogen (secondary N) is 1. The zero-order valence-corrected chi connectivity index (χ0v) is 11.6. The lowest BCUT2D eigenvalue weighted by Crippen LogP contribution is -1.94. The van der Waals surface area contributed by atoms with Crippen molar-refractivity contribution in [1.82, 2.24) is 0 Å². The minimum absolute atomic E-state index is 0.245. The fourth-order valence-corrected chi connectivity index (χ4v) is 1.86. The molecule has 2 rings (SSSR count). The summed E-state index contributed by atoms with van der Waals surface area (Å²) in [5.41, 5.74) is 4.72. The van der Waals surface area contributed by atoms with Crippen LogP contribution in [0.5, 0.6) is 0 Å². The molecule has 0 saturated carbocycles. The highest BCUT2D eigenvalue weighted by atomic mass is 35.5. The number of benzene rings is 2. The summed E-state index contributed by atoms with van der Waals surface area (Å²) in [7, 11) is 0. The molecule has 0 bridgehead atoms. The van der Waals surface area contributed by atoms with Crippen molar-refractivity contribution >= 4 is 35.1 Å². The Balaban J connectivity index is 2.13. The molecule has 0 aliphatic carbocycles. The standard InChI is InChI=1S/C14H11Cl2FN2/c1-9-5-6-10(7-13(9)16)19-18-8-11-12(15)3-2-4-14(11)17/h2-8,19H,1H3/b18-8+. The second kappa shape index (κ2) is 6.04. The molecule has 0 aliphatic heterocycles. The quantitative estimate of drug-likeness (QED) is 0.633. The highest BCUT2D eigenvalue weighted by Crippen LogP contribution is 2.20. The molecule has 2 aromatic carbocycles. The van der Waals surface area contributed by atoms with Gasteiger partial charge in [0.05, 0.1) is 16.9 Å². The van der Waals surface area contributed by atoms with Crippen LogP contribution in [-0.4, -0.2) is 6.21 Å².